The molecule has 0 spiro atoms. The first-order chi connectivity index (χ1) is 19.8. The molecule has 0 aliphatic carbocycles. The quantitative estimate of drug-likeness (QED) is 0.396. The lowest BCUT2D eigenvalue weighted by Crippen LogP contribution is -2.48. The van der Waals surface area contributed by atoms with Gasteiger partial charge in [0.15, 0.2) is 0 Å². The number of rotatable bonds is 7. The van der Waals surface area contributed by atoms with Crippen LogP contribution in [-0.4, -0.2) is 75.7 Å². The topological polar surface area (TPSA) is 154 Å². The molecule has 0 bridgehead atoms. The second kappa shape index (κ2) is 14.5. The number of aromatic nitrogens is 4. The number of likely N-dealkylation sites (tertiary alicyclic amines) is 1. The van der Waals surface area contributed by atoms with Gasteiger partial charge >= 0.3 is 6.09 Å². The highest BCUT2D eigenvalue weighted by molar-refractivity contribution is 5.85. The summed E-state index contributed by atoms with van der Waals surface area (Å²) in [5, 5.41) is 5.70. The van der Waals surface area contributed by atoms with E-state index < -0.39 is 18.2 Å². The van der Waals surface area contributed by atoms with Crippen molar-refractivity contribution in [3.8, 4) is 0 Å². The van der Waals surface area contributed by atoms with Gasteiger partial charge in [-0.2, -0.15) is 0 Å². The Labute approximate surface area is 241 Å². The summed E-state index contributed by atoms with van der Waals surface area (Å²) in [6.07, 6.45) is 9.02. The van der Waals surface area contributed by atoms with Crippen LogP contribution in [-0.2, 0) is 25.5 Å². The van der Waals surface area contributed by atoms with E-state index >= 15 is 0 Å². The van der Waals surface area contributed by atoms with Gasteiger partial charge in [-0.25, -0.2) is 14.8 Å². The summed E-state index contributed by atoms with van der Waals surface area (Å²) < 4.78 is 10.5. The van der Waals surface area contributed by atoms with E-state index in [9.17, 15) is 14.4 Å². The van der Waals surface area contributed by atoms with Crippen LogP contribution < -0.4 is 10.6 Å². The number of hydrogen-bond donors (Lipinski definition) is 4. The summed E-state index contributed by atoms with van der Waals surface area (Å²) in [7, 11) is 1.28. The number of nitrogens with one attached hydrogen (secondary N) is 4. The van der Waals surface area contributed by atoms with Crippen molar-refractivity contribution in [2.45, 2.75) is 90.3 Å². The zero-order valence-corrected chi connectivity index (χ0v) is 24.7. The number of imidazole rings is 2. The number of carbonyl (C=O) groups is 3. The first-order valence-corrected chi connectivity index (χ1v) is 14.9. The summed E-state index contributed by atoms with van der Waals surface area (Å²) in [5.74, 6) is 1.61. The molecule has 0 aromatic carbocycles. The molecule has 0 saturated carbocycles. The molecular formula is C29H45N7O5. The van der Waals surface area contributed by atoms with Crippen LogP contribution in [0.15, 0.2) is 12.4 Å². The number of hydrogen-bond acceptors (Lipinski definition) is 7. The summed E-state index contributed by atoms with van der Waals surface area (Å²) in [6.45, 7) is 8.05. The minimum atomic E-state index is -0.686. The van der Waals surface area contributed by atoms with Gasteiger partial charge in [-0.05, 0) is 38.0 Å². The molecule has 2 aromatic heterocycles. The number of alkyl carbamates (subject to hydrolysis) is 1. The molecular weight excluding hydrogens is 526 g/mol. The maximum Gasteiger partial charge on any atom is 0.407 e. The summed E-state index contributed by atoms with van der Waals surface area (Å²) in [4.78, 5) is 56.0. The minimum absolute atomic E-state index is 0.0263. The average Bonchev–Trinajstić information content (AvgIpc) is 3.72. The van der Waals surface area contributed by atoms with E-state index in [1.54, 1.807) is 6.20 Å². The predicted molar refractivity (Wildman–Crippen MR) is 152 cm³/mol. The third-order valence-corrected chi connectivity index (χ3v) is 8.19. The Morgan fingerprint density at radius 2 is 1.76 bits per heavy atom. The predicted octanol–water partition coefficient (Wildman–Crippen LogP) is 3.54. The summed E-state index contributed by atoms with van der Waals surface area (Å²) in [6, 6.07) is -1.13. The smallest absolute Gasteiger partial charge is 0.407 e. The van der Waals surface area contributed by atoms with Gasteiger partial charge in [0, 0.05) is 55.9 Å². The maximum absolute atomic E-state index is 13.1. The van der Waals surface area contributed by atoms with Crippen molar-refractivity contribution >= 4 is 17.9 Å². The Balaban J connectivity index is 1.43. The van der Waals surface area contributed by atoms with Crippen molar-refractivity contribution in [3.63, 3.8) is 0 Å². The molecule has 41 heavy (non-hydrogen) atoms. The van der Waals surface area contributed by atoms with Crippen LogP contribution in [0.25, 0.3) is 0 Å². The lowest BCUT2D eigenvalue weighted by atomic mass is 9.96. The molecule has 4 atom stereocenters. The number of aromatic amines is 2. The molecule has 0 unspecified atom stereocenters. The third kappa shape index (κ3) is 8.08. The maximum atomic E-state index is 13.1. The molecule has 2 aliphatic rings. The first kappa shape index (κ1) is 30.5. The van der Waals surface area contributed by atoms with Gasteiger partial charge in [-0.1, -0.05) is 33.6 Å². The van der Waals surface area contributed by atoms with Crippen LogP contribution in [0.2, 0.25) is 0 Å². The molecule has 4 N–H and O–H groups in total. The third-order valence-electron chi connectivity index (χ3n) is 8.19. The molecule has 12 nitrogen and oxygen atoms in total. The van der Waals surface area contributed by atoms with E-state index in [4.69, 9.17) is 9.47 Å². The fraction of sp³-hybridized carbons (Fsp3) is 0.690. The monoisotopic (exact) mass is 571 g/mol. The second-order valence-corrected chi connectivity index (χ2v) is 11.5. The largest absolute Gasteiger partial charge is 0.453 e. The first-order valence-electron chi connectivity index (χ1n) is 14.9. The number of H-pyrrole nitrogens is 2. The van der Waals surface area contributed by atoms with Crippen molar-refractivity contribution < 1.29 is 23.9 Å². The molecule has 12 heteroatoms. The number of ether oxygens (including phenoxy) is 2. The Kier molecular flexibility index (Phi) is 10.8. The molecule has 0 radical (unpaired) electrons. The standard InChI is InChI=1S/C29H45N7O5/c1-18(2)19(3)28(38)36-12-8-10-24(36)26-31-17-21(33-26)15-20-16-30-25(32-20)22-11-14-41-13-7-5-6-9-23(27(37)34-22)35-29(39)40-4/h16-19,22-24H,5-15H2,1-4H3,(H,30,32)(H,31,33)(H,34,37)(H,35,39)/t19-,22-,23-,24-/m0/s1. The molecule has 4 rings (SSSR count). The van der Waals surface area contributed by atoms with Gasteiger partial charge in [0.05, 0.1) is 19.2 Å². The Morgan fingerprint density at radius 3 is 2.49 bits per heavy atom. The van der Waals surface area contributed by atoms with Gasteiger partial charge in [-0.3, -0.25) is 9.59 Å². The highest BCUT2D eigenvalue weighted by Gasteiger charge is 2.35. The number of methoxy groups -OCH3 is 1. The highest BCUT2D eigenvalue weighted by Crippen LogP contribution is 2.32. The second-order valence-electron chi connectivity index (χ2n) is 11.5. The van der Waals surface area contributed by atoms with Crippen molar-refractivity contribution in [2.75, 3.05) is 26.9 Å². The van der Waals surface area contributed by atoms with Crippen LogP contribution in [0, 0.1) is 11.8 Å². The average molecular weight is 572 g/mol. The summed E-state index contributed by atoms with van der Waals surface area (Å²) in [5.41, 5.74) is 1.79. The van der Waals surface area contributed by atoms with Gasteiger partial charge in [-0.15, -0.1) is 0 Å². The molecule has 2 aliphatic heterocycles. The van der Waals surface area contributed by atoms with Crippen LogP contribution >= 0.6 is 0 Å². The summed E-state index contributed by atoms with van der Waals surface area (Å²) >= 11 is 0. The normalized spacial score (nSPS) is 23.4. The molecule has 2 fully saturated rings. The van der Waals surface area contributed by atoms with Crippen molar-refractivity contribution in [3.05, 3.63) is 35.4 Å². The Hall–Kier alpha value is -3.41. The highest BCUT2D eigenvalue weighted by atomic mass is 16.5. The zero-order chi connectivity index (χ0) is 29.4. The number of nitrogens with zero attached hydrogens (tertiary/aromatic N) is 3. The number of amides is 3. The van der Waals surface area contributed by atoms with Crippen molar-refractivity contribution in [2.24, 2.45) is 11.8 Å². The zero-order valence-electron chi connectivity index (χ0n) is 24.7. The fourth-order valence-electron chi connectivity index (χ4n) is 5.40. The van der Waals surface area contributed by atoms with Gasteiger partial charge < -0.3 is 35.0 Å². The van der Waals surface area contributed by atoms with E-state index in [-0.39, 0.29) is 29.7 Å². The number of carbonyl (C=O) groups excluding carboxylic acids is 3. The van der Waals surface area contributed by atoms with Crippen LogP contribution in [0.1, 0.15) is 101 Å². The van der Waals surface area contributed by atoms with Gasteiger partial charge in [0.25, 0.3) is 0 Å². The van der Waals surface area contributed by atoms with E-state index in [0.29, 0.717) is 38.3 Å². The van der Waals surface area contributed by atoms with Crippen LogP contribution in [0.4, 0.5) is 4.79 Å². The Morgan fingerprint density at radius 1 is 1.02 bits per heavy atom. The van der Waals surface area contributed by atoms with E-state index in [0.717, 1.165) is 55.9 Å². The van der Waals surface area contributed by atoms with E-state index in [1.807, 2.05) is 18.0 Å². The van der Waals surface area contributed by atoms with E-state index in [2.05, 4.69) is 44.4 Å². The van der Waals surface area contributed by atoms with Crippen LogP contribution in [0.5, 0.6) is 0 Å². The van der Waals surface area contributed by atoms with Crippen LogP contribution in [0.3, 0.4) is 0 Å². The minimum Gasteiger partial charge on any atom is -0.453 e. The molecule has 2 saturated heterocycles. The van der Waals surface area contributed by atoms with Gasteiger partial charge in [0.1, 0.15) is 17.7 Å². The molecule has 3 amide bonds. The van der Waals surface area contributed by atoms with E-state index in [1.165, 1.54) is 7.11 Å². The van der Waals surface area contributed by atoms with Gasteiger partial charge in [0.2, 0.25) is 11.8 Å². The lowest BCUT2D eigenvalue weighted by molar-refractivity contribution is -0.137. The molecule has 226 valence electrons. The van der Waals surface area contributed by atoms with Crippen molar-refractivity contribution in [1.29, 1.82) is 0 Å². The van der Waals surface area contributed by atoms with Crippen molar-refractivity contribution in [1.82, 2.24) is 35.5 Å². The molecule has 2 aromatic rings. The Bertz CT molecular complexity index is 1160. The molecule has 4 heterocycles. The SMILES string of the molecule is COC(=O)N[C@H]1CCCCCOCC[C@@H](c2ncc(Cc3cnc([C@@H]4CCCN4C(=O)[C@@H](C)C(C)C)[nH]3)[nH]2)NC1=O. The lowest BCUT2D eigenvalue weighted by Gasteiger charge is -2.27. The fourth-order valence-corrected chi connectivity index (χ4v) is 5.40.